The number of carbonyl (C=O) groups excluding carboxylic acids is 1. The van der Waals surface area contributed by atoms with Crippen LogP contribution < -0.4 is 0 Å². The number of rotatable bonds is 5. The highest BCUT2D eigenvalue weighted by atomic mass is 16.4. The Bertz CT molecular complexity index is 396. The summed E-state index contributed by atoms with van der Waals surface area (Å²) in [5, 5.41) is 8.61. The Morgan fingerprint density at radius 2 is 1.88 bits per heavy atom. The Kier molecular flexibility index (Phi) is 4.23. The van der Waals surface area contributed by atoms with E-state index < -0.39 is 5.97 Å². The molecule has 0 aliphatic heterocycles. The molecule has 0 heterocycles. The Balaban J connectivity index is 2.66. The van der Waals surface area contributed by atoms with Crippen LogP contribution in [0.5, 0.6) is 0 Å². The van der Waals surface area contributed by atoms with Crippen molar-refractivity contribution in [3.8, 4) is 0 Å². The molecule has 0 aromatic heterocycles. The van der Waals surface area contributed by atoms with Crippen LogP contribution in [0, 0.1) is 12.8 Å². The van der Waals surface area contributed by atoms with Gasteiger partial charge in [-0.15, -0.1) is 0 Å². The zero-order valence-electron chi connectivity index (χ0n) is 9.56. The Labute approximate surface area is 95.1 Å². The third-order valence-electron chi connectivity index (χ3n) is 2.50. The Hall–Kier alpha value is -1.64. The molecule has 0 saturated carbocycles. The van der Waals surface area contributed by atoms with Crippen molar-refractivity contribution in [3.63, 3.8) is 0 Å². The first kappa shape index (κ1) is 12.4. The van der Waals surface area contributed by atoms with Gasteiger partial charge in [0.25, 0.3) is 0 Å². The number of Topliss-reactive ketones (excluding diaryl/α,β-unsaturated/α-hetero) is 1. The van der Waals surface area contributed by atoms with Gasteiger partial charge in [-0.25, -0.2) is 0 Å². The van der Waals surface area contributed by atoms with E-state index in [-0.39, 0.29) is 24.5 Å². The van der Waals surface area contributed by atoms with Gasteiger partial charge in [-0.2, -0.15) is 0 Å². The summed E-state index contributed by atoms with van der Waals surface area (Å²) in [6.45, 7) is 3.67. The van der Waals surface area contributed by atoms with E-state index in [4.69, 9.17) is 5.11 Å². The maximum atomic E-state index is 11.9. The standard InChI is InChI=1S/C13H16O3/c1-9(8-13(15)16)7-12(14)11-6-4-3-5-10(11)2/h3-6,9H,7-8H2,1-2H3,(H,15,16)/t9-/m1/s1. The lowest BCUT2D eigenvalue weighted by atomic mass is 9.95. The second kappa shape index (κ2) is 5.45. The van der Waals surface area contributed by atoms with Crippen LogP contribution in [-0.4, -0.2) is 16.9 Å². The molecule has 0 aliphatic carbocycles. The Morgan fingerprint density at radius 1 is 1.25 bits per heavy atom. The summed E-state index contributed by atoms with van der Waals surface area (Å²) in [6, 6.07) is 7.37. The molecule has 1 aromatic rings. The fourth-order valence-electron chi connectivity index (χ4n) is 1.68. The number of hydrogen-bond donors (Lipinski definition) is 1. The lowest BCUT2D eigenvalue weighted by molar-refractivity contribution is -0.137. The molecule has 86 valence electrons. The summed E-state index contributed by atoms with van der Waals surface area (Å²) in [7, 11) is 0. The maximum Gasteiger partial charge on any atom is 0.303 e. The molecule has 1 aromatic carbocycles. The third-order valence-corrected chi connectivity index (χ3v) is 2.50. The second-order valence-corrected chi connectivity index (χ2v) is 4.15. The summed E-state index contributed by atoms with van der Waals surface area (Å²) in [5.41, 5.74) is 1.63. The highest BCUT2D eigenvalue weighted by Crippen LogP contribution is 2.15. The molecule has 0 saturated heterocycles. The van der Waals surface area contributed by atoms with Gasteiger partial charge in [0.15, 0.2) is 5.78 Å². The third kappa shape index (κ3) is 3.50. The molecule has 3 heteroatoms. The van der Waals surface area contributed by atoms with Crippen molar-refractivity contribution in [1.29, 1.82) is 0 Å². The number of aryl methyl sites for hydroxylation is 1. The minimum atomic E-state index is -0.856. The first-order valence-corrected chi connectivity index (χ1v) is 5.31. The topological polar surface area (TPSA) is 54.4 Å². The molecule has 0 bridgehead atoms. The van der Waals surface area contributed by atoms with Crippen LogP contribution in [0.3, 0.4) is 0 Å². The molecule has 0 aliphatic rings. The molecule has 0 spiro atoms. The van der Waals surface area contributed by atoms with Gasteiger partial charge in [-0.05, 0) is 18.4 Å². The van der Waals surface area contributed by atoms with Crippen LogP contribution in [0.25, 0.3) is 0 Å². The van der Waals surface area contributed by atoms with Gasteiger partial charge < -0.3 is 5.11 Å². The van der Waals surface area contributed by atoms with Crippen LogP contribution in [0.4, 0.5) is 0 Å². The molecule has 0 fully saturated rings. The predicted octanol–water partition coefficient (Wildman–Crippen LogP) is 2.68. The van der Waals surface area contributed by atoms with E-state index in [1.54, 1.807) is 13.0 Å². The van der Waals surface area contributed by atoms with Crippen molar-refractivity contribution in [3.05, 3.63) is 35.4 Å². The zero-order chi connectivity index (χ0) is 12.1. The van der Waals surface area contributed by atoms with Crippen molar-refractivity contribution in [2.24, 2.45) is 5.92 Å². The van der Waals surface area contributed by atoms with Crippen molar-refractivity contribution in [2.75, 3.05) is 0 Å². The van der Waals surface area contributed by atoms with Gasteiger partial charge in [-0.3, -0.25) is 9.59 Å². The highest BCUT2D eigenvalue weighted by Gasteiger charge is 2.15. The van der Waals surface area contributed by atoms with Crippen LogP contribution in [-0.2, 0) is 4.79 Å². The molecule has 1 atom stereocenters. The van der Waals surface area contributed by atoms with E-state index in [1.165, 1.54) is 0 Å². The Morgan fingerprint density at radius 3 is 2.44 bits per heavy atom. The van der Waals surface area contributed by atoms with Gasteiger partial charge in [0, 0.05) is 18.4 Å². The zero-order valence-corrected chi connectivity index (χ0v) is 9.56. The number of carboxylic acid groups (broad SMARTS) is 1. The normalized spacial score (nSPS) is 12.1. The van der Waals surface area contributed by atoms with Crippen LogP contribution >= 0.6 is 0 Å². The summed E-state index contributed by atoms with van der Waals surface area (Å²) >= 11 is 0. The van der Waals surface area contributed by atoms with E-state index in [0.29, 0.717) is 5.56 Å². The van der Waals surface area contributed by atoms with Crippen LogP contribution in [0.1, 0.15) is 35.7 Å². The molecule has 1 rings (SSSR count). The van der Waals surface area contributed by atoms with Gasteiger partial charge in [0.2, 0.25) is 0 Å². The van der Waals surface area contributed by atoms with E-state index in [0.717, 1.165) is 5.56 Å². The maximum absolute atomic E-state index is 11.9. The number of ketones is 1. The number of hydrogen-bond acceptors (Lipinski definition) is 2. The molecular weight excluding hydrogens is 204 g/mol. The van der Waals surface area contributed by atoms with Gasteiger partial charge in [0.05, 0.1) is 0 Å². The lowest BCUT2D eigenvalue weighted by Crippen LogP contribution is -2.11. The molecule has 0 amide bonds. The van der Waals surface area contributed by atoms with Crippen molar-refractivity contribution in [2.45, 2.75) is 26.7 Å². The first-order valence-electron chi connectivity index (χ1n) is 5.31. The number of aliphatic carboxylic acids is 1. The van der Waals surface area contributed by atoms with E-state index in [9.17, 15) is 9.59 Å². The lowest BCUT2D eigenvalue weighted by Gasteiger charge is -2.09. The van der Waals surface area contributed by atoms with Crippen LogP contribution in [0.15, 0.2) is 24.3 Å². The van der Waals surface area contributed by atoms with E-state index >= 15 is 0 Å². The molecule has 16 heavy (non-hydrogen) atoms. The average Bonchev–Trinajstić information content (AvgIpc) is 2.16. The summed E-state index contributed by atoms with van der Waals surface area (Å²) in [5.74, 6) is -0.957. The van der Waals surface area contributed by atoms with Crippen molar-refractivity contribution in [1.82, 2.24) is 0 Å². The van der Waals surface area contributed by atoms with Gasteiger partial charge in [-0.1, -0.05) is 31.2 Å². The molecule has 1 N–H and O–H groups in total. The number of carboxylic acids is 1. The monoisotopic (exact) mass is 220 g/mol. The average molecular weight is 220 g/mol. The molecular formula is C13H16O3. The first-order chi connectivity index (χ1) is 7.50. The molecule has 0 unspecified atom stereocenters. The SMILES string of the molecule is Cc1ccccc1C(=O)C[C@@H](C)CC(=O)O. The smallest absolute Gasteiger partial charge is 0.303 e. The van der Waals surface area contributed by atoms with Crippen molar-refractivity contribution >= 4 is 11.8 Å². The molecule has 3 nitrogen and oxygen atoms in total. The van der Waals surface area contributed by atoms with E-state index in [1.807, 2.05) is 25.1 Å². The minimum absolute atomic E-state index is 0.0202. The predicted molar refractivity (Wildman–Crippen MR) is 61.5 cm³/mol. The quantitative estimate of drug-likeness (QED) is 0.776. The van der Waals surface area contributed by atoms with Gasteiger partial charge >= 0.3 is 5.97 Å². The number of benzene rings is 1. The summed E-state index contributed by atoms with van der Waals surface area (Å²) in [6.07, 6.45) is 0.328. The number of carbonyl (C=O) groups is 2. The summed E-state index contributed by atoms with van der Waals surface area (Å²) < 4.78 is 0. The summed E-state index contributed by atoms with van der Waals surface area (Å²) in [4.78, 5) is 22.3. The fourth-order valence-corrected chi connectivity index (χ4v) is 1.68. The van der Waals surface area contributed by atoms with Gasteiger partial charge in [0.1, 0.15) is 0 Å². The second-order valence-electron chi connectivity index (χ2n) is 4.15. The largest absolute Gasteiger partial charge is 0.481 e. The van der Waals surface area contributed by atoms with Crippen molar-refractivity contribution < 1.29 is 14.7 Å². The highest BCUT2D eigenvalue weighted by molar-refractivity contribution is 5.97. The minimum Gasteiger partial charge on any atom is -0.481 e. The fraction of sp³-hybridized carbons (Fsp3) is 0.385. The molecule has 0 radical (unpaired) electrons. The van der Waals surface area contributed by atoms with E-state index in [2.05, 4.69) is 0 Å². The van der Waals surface area contributed by atoms with Crippen LogP contribution in [0.2, 0.25) is 0 Å².